The zero-order valence-corrected chi connectivity index (χ0v) is 8.47. The molecule has 0 amide bonds. The summed E-state index contributed by atoms with van der Waals surface area (Å²) in [4.78, 5) is 0. The summed E-state index contributed by atoms with van der Waals surface area (Å²) in [6.07, 6.45) is 14.1. The van der Waals surface area contributed by atoms with Gasteiger partial charge in [0.15, 0.2) is 0 Å². The van der Waals surface area contributed by atoms with Crippen LogP contribution in [0.15, 0.2) is 24.8 Å². The highest BCUT2D eigenvalue weighted by Gasteiger charge is 2.07. The van der Waals surface area contributed by atoms with Gasteiger partial charge in [0, 0.05) is 6.04 Å². The smallest absolute Gasteiger partial charge is 0.0136 e. The number of rotatable bonds is 7. The molecule has 1 heteroatoms. The Kier molecular flexibility index (Phi) is 5.59. The van der Waals surface area contributed by atoms with Crippen LogP contribution in [0.2, 0.25) is 0 Å². The maximum Gasteiger partial charge on any atom is 0.0136 e. The fourth-order valence-corrected chi connectivity index (χ4v) is 1.68. The van der Waals surface area contributed by atoms with Crippen LogP contribution in [0.25, 0.3) is 0 Å². The van der Waals surface area contributed by atoms with E-state index < -0.39 is 0 Å². The Balaban J connectivity index is 1.81. The molecule has 0 radical (unpaired) electrons. The number of allylic oxidation sites excluding steroid dienone is 1. The molecular weight excluding hydrogens is 158 g/mol. The Morgan fingerprint density at radius 1 is 1.23 bits per heavy atom. The van der Waals surface area contributed by atoms with Gasteiger partial charge in [-0.05, 0) is 38.6 Å². The third kappa shape index (κ3) is 4.89. The van der Waals surface area contributed by atoms with Crippen molar-refractivity contribution in [1.82, 2.24) is 5.32 Å². The molecule has 1 rings (SSSR count). The van der Waals surface area contributed by atoms with Gasteiger partial charge in [0.05, 0.1) is 0 Å². The Morgan fingerprint density at radius 3 is 2.69 bits per heavy atom. The summed E-state index contributed by atoms with van der Waals surface area (Å²) >= 11 is 0. The van der Waals surface area contributed by atoms with E-state index in [1.807, 2.05) is 6.08 Å². The molecule has 0 saturated carbocycles. The average molecular weight is 179 g/mol. The SMILES string of the molecule is C=CCCCCCNC1CC=CC1. The molecule has 13 heavy (non-hydrogen) atoms. The minimum Gasteiger partial charge on any atom is -0.313 e. The molecule has 1 aliphatic carbocycles. The van der Waals surface area contributed by atoms with Crippen molar-refractivity contribution in [1.29, 1.82) is 0 Å². The van der Waals surface area contributed by atoms with Crippen LogP contribution >= 0.6 is 0 Å². The first-order valence-corrected chi connectivity index (χ1v) is 5.43. The zero-order valence-electron chi connectivity index (χ0n) is 8.47. The Labute approximate surface area is 81.9 Å². The van der Waals surface area contributed by atoms with Crippen molar-refractivity contribution < 1.29 is 0 Å². The lowest BCUT2D eigenvalue weighted by Crippen LogP contribution is -2.27. The Bertz CT molecular complexity index is 153. The fraction of sp³-hybridized carbons (Fsp3) is 0.667. The molecule has 0 aliphatic heterocycles. The van der Waals surface area contributed by atoms with Crippen molar-refractivity contribution in [3.8, 4) is 0 Å². The lowest BCUT2D eigenvalue weighted by atomic mass is 10.2. The summed E-state index contributed by atoms with van der Waals surface area (Å²) in [5, 5.41) is 3.57. The second-order valence-electron chi connectivity index (χ2n) is 3.73. The van der Waals surface area contributed by atoms with Gasteiger partial charge in [0.25, 0.3) is 0 Å². The van der Waals surface area contributed by atoms with E-state index >= 15 is 0 Å². The van der Waals surface area contributed by atoms with E-state index in [1.54, 1.807) is 0 Å². The predicted octanol–water partition coefficient (Wildman–Crippen LogP) is 3.04. The van der Waals surface area contributed by atoms with E-state index in [4.69, 9.17) is 0 Å². The number of hydrogen-bond donors (Lipinski definition) is 1. The zero-order chi connectivity index (χ0) is 9.36. The second kappa shape index (κ2) is 6.90. The van der Waals surface area contributed by atoms with Gasteiger partial charge in [-0.15, -0.1) is 6.58 Å². The first kappa shape index (κ1) is 10.5. The van der Waals surface area contributed by atoms with Crippen molar-refractivity contribution >= 4 is 0 Å². The molecule has 1 nitrogen and oxygen atoms in total. The maximum atomic E-state index is 3.72. The molecule has 0 aromatic carbocycles. The van der Waals surface area contributed by atoms with Gasteiger partial charge in [0.1, 0.15) is 0 Å². The number of nitrogens with one attached hydrogen (secondary N) is 1. The normalized spacial score (nSPS) is 16.6. The van der Waals surface area contributed by atoms with Gasteiger partial charge < -0.3 is 5.32 Å². The van der Waals surface area contributed by atoms with Crippen LogP contribution in [0.1, 0.15) is 38.5 Å². The molecular formula is C12H21N. The highest BCUT2D eigenvalue weighted by Crippen LogP contribution is 2.09. The van der Waals surface area contributed by atoms with Crippen molar-refractivity contribution in [2.45, 2.75) is 44.6 Å². The van der Waals surface area contributed by atoms with E-state index in [0.29, 0.717) is 0 Å². The van der Waals surface area contributed by atoms with Gasteiger partial charge in [0.2, 0.25) is 0 Å². The van der Waals surface area contributed by atoms with E-state index in [0.717, 1.165) is 6.04 Å². The molecule has 0 heterocycles. The van der Waals surface area contributed by atoms with Gasteiger partial charge >= 0.3 is 0 Å². The summed E-state index contributed by atoms with van der Waals surface area (Å²) in [6, 6.07) is 0.736. The highest BCUT2D eigenvalue weighted by atomic mass is 14.9. The van der Waals surface area contributed by atoms with Crippen LogP contribution < -0.4 is 5.32 Å². The van der Waals surface area contributed by atoms with E-state index in [9.17, 15) is 0 Å². The topological polar surface area (TPSA) is 12.0 Å². The molecule has 0 unspecified atom stereocenters. The van der Waals surface area contributed by atoms with Crippen LogP contribution in [0.5, 0.6) is 0 Å². The monoisotopic (exact) mass is 179 g/mol. The first-order chi connectivity index (χ1) is 6.43. The van der Waals surface area contributed by atoms with Gasteiger partial charge in [-0.1, -0.05) is 24.6 Å². The standard InChI is InChI=1S/C12H21N/c1-2-3-4-5-8-11-13-12-9-6-7-10-12/h2,6-7,12-13H,1,3-5,8-11H2. The molecule has 0 bridgehead atoms. The summed E-state index contributed by atoms with van der Waals surface area (Å²) in [7, 11) is 0. The van der Waals surface area contributed by atoms with Crippen molar-refractivity contribution in [3.05, 3.63) is 24.8 Å². The van der Waals surface area contributed by atoms with Gasteiger partial charge in [-0.3, -0.25) is 0 Å². The molecule has 74 valence electrons. The summed E-state index contributed by atoms with van der Waals surface area (Å²) in [6.45, 7) is 4.90. The number of hydrogen-bond acceptors (Lipinski definition) is 1. The van der Waals surface area contributed by atoms with E-state index in [2.05, 4.69) is 24.0 Å². The summed E-state index contributed by atoms with van der Waals surface area (Å²) in [5.41, 5.74) is 0. The van der Waals surface area contributed by atoms with Crippen LogP contribution in [-0.4, -0.2) is 12.6 Å². The Hall–Kier alpha value is -0.560. The third-order valence-electron chi connectivity index (χ3n) is 2.53. The highest BCUT2D eigenvalue weighted by molar-refractivity contribution is 4.97. The van der Waals surface area contributed by atoms with Crippen LogP contribution in [0.3, 0.4) is 0 Å². The van der Waals surface area contributed by atoms with Crippen LogP contribution in [-0.2, 0) is 0 Å². The van der Waals surface area contributed by atoms with Crippen LogP contribution in [0, 0.1) is 0 Å². The van der Waals surface area contributed by atoms with Crippen molar-refractivity contribution in [2.75, 3.05) is 6.54 Å². The van der Waals surface area contributed by atoms with Crippen LogP contribution in [0.4, 0.5) is 0 Å². The summed E-state index contributed by atoms with van der Waals surface area (Å²) < 4.78 is 0. The van der Waals surface area contributed by atoms with E-state index in [1.165, 1.54) is 45.1 Å². The van der Waals surface area contributed by atoms with Gasteiger partial charge in [-0.2, -0.15) is 0 Å². The minimum atomic E-state index is 0.736. The average Bonchev–Trinajstić information content (AvgIpc) is 2.63. The molecule has 0 atom stereocenters. The third-order valence-corrected chi connectivity index (χ3v) is 2.53. The number of unbranched alkanes of at least 4 members (excludes halogenated alkanes) is 3. The molecule has 1 aliphatic rings. The molecule has 1 N–H and O–H groups in total. The molecule has 0 aromatic heterocycles. The quantitative estimate of drug-likeness (QED) is 0.468. The van der Waals surface area contributed by atoms with Crippen molar-refractivity contribution in [3.63, 3.8) is 0 Å². The molecule has 0 spiro atoms. The first-order valence-electron chi connectivity index (χ1n) is 5.43. The summed E-state index contributed by atoms with van der Waals surface area (Å²) in [5.74, 6) is 0. The van der Waals surface area contributed by atoms with E-state index in [-0.39, 0.29) is 0 Å². The lowest BCUT2D eigenvalue weighted by Gasteiger charge is -2.10. The largest absolute Gasteiger partial charge is 0.313 e. The Morgan fingerprint density at radius 2 is 2.00 bits per heavy atom. The second-order valence-corrected chi connectivity index (χ2v) is 3.73. The minimum absolute atomic E-state index is 0.736. The maximum absolute atomic E-state index is 3.72. The molecule has 0 fully saturated rings. The molecule has 0 aromatic rings. The molecule has 0 saturated heterocycles. The van der Waals surface area contributed by atoms with Crippen molar-refractivity contribution in [2.24, 2.45) is 0 Å². The lowest BCUT2D eigenvalue weighted by molar-refractivity contribution is 0.514. The fourth-order valence-electron chi connectivity index (χ4n) is 1.68. The van der Waals surface area contributed by atoms with Gasteiger partial charge in [-0.25, -0.2) is 0 Å². The predicted molar refractivity (Wildman–Crippen MR) is 58.8 cm³/mol.